The van der Waals surface area contributed by atoms with E-state index in [1.54, 1.807) is 36.3 Å². The first kappa shape index (κ1) is 17.7. The quantitative estimate of drug-likeness (QED) is 0.898. The van der Waals surface area contributed by atoms with E-state index in [1.165, 1.54) is 0 Å². The molecule has 136 valence electrons. The average molecular weight is 346 g/mol. The maximum atomic E-state index is 12.7. The van der Waals surface area contributed by atoms with Crippen molar-refractivity contribution in [2.45, 2.75) is 25.7 Å². The summed E-state index contributed by atoms with van der Waals surface area (Å²) >= 11 is 0. The number of aliphatic hydroxyl groups is 1. The highest BCUT2D eigenvalue weighted by Gasteiger charge is 2.41. The molecule has 0 aromatic heterocycles. The number of amides is 2. The Hall–Kier alpha value is -2.08. The fraction of sp³-hybridized carbons (Fsp3) is 0.579. The van der Waals surface area contributed by atoms with Gasteiger partial charge in [-0.2, -0.15) is 0 Å². The van der Waals surface area contributed by atoms with Crippen molar-refractivity contribution < 1.29 is 19.4 Å². The maximum Gasteiger partial charge on any atom is 0.253 e. The first-order chi connectivity index (χ1) is 12.1. The van der Waals surface area contributed by atoms with Crippen molar-refractivity contribution in [2.75, 3.05) is 39.9 Å². The maximum absolute atomic E-state index is 12.7. The molecule has 1 N–H and O–H groups in total. The fourth-order valence-corrected chi connectivity index (χ4v) is 3.94. The molecule has 1 spiro atoms. The van der Waals surface area contributed by atoms with Crippen molar-refractivity contribution >= 4 is 11.8 Å². The van der Waals surface area contributed by atoms with Gasteiger partial charge < -0.3 is 19.6 Å². The molecule has 2 aliphatic rings. The summed E-state index contributed by atoms with van der Waals surface area (Å²) in [4.78, 5) is 28.3. The zero-order chi connectivity index (χ0) is 17.9. The number of carbonyl (C=O) groups is 2. The average Bonchev–Trinajstić information content (AvgIpc) is 2.65. The highest BCUT2D eigenvalue weighted by molar-refractivity contribution is 5.94. The lowest BCUT2D eigenvalue weighted by Crippen LogP contribution is -2.52. The van der Waals surface area contributed by atoms with Crippen LogP contribution < -0.4 is 4.74 Å². The molecule has 2 amide bonds. The van der Waals surface area contributed by atoms with Crippen LogP contribution in [0.15, 0.2) is 24.3 Å². The van der Waals surface area contributed by atoms with Crippen molar-refractivity contribution in [2.24, 2.45) is 5.41 Å². The number of carbonyl (C=O) groups excluding carboxylic acids is 2. The van der Waals surface area contributed by atoms with E-state index in [0.717, 1.165) is 25.0 Å². The molecule has 0 saturated carbocycles. The number of hydrogen-bond donors (Lipinski definition) is 1. The summed E-state index contributed by atoms with van der Waals surface area (Å²) in [5.74, 6) is 0.929. The fourth-order valence-electron chi connectivity index (χ4n) is 3.94. The van der Waals surface area contributed by atoms with Gasteiger partial charge in [-0.1, -0.05) is 0 Å². The van der Waals surface area contributed by atoms with Gasteiger partial charge in [-0.3, -0.25) is 9.59 Å². The molecule has 0 atom stereocenters. The topological polar surface area (TPSA) is 70.1 Å². The number of likely N-dealkylation sites (tertiary alicyclic amines) is 2. The summed E-state index contributed by atoms with van der Waals surface area (Å²) in [5, 5.41) is 9.15. The molecule has 1 aromatic rings. The molecule has 1 aromatic carbocycles. The highest BCUT2D eigenvalue weighted by Crippen LogP contribution is 2.40. The smallest absolute Gasteiger partial charge is 0.253 e. The van der Waals surface area contributed by atoms with Crippen LogP contribution in [0.2, 0.25) is 0 Å². The highest BCUT2D eigenvalue weighted by atomic mass is 16.5. The molecule has 0 bridgehead atoms. The molecular formula is C19H26N2O4. The summed E-state index contributed by atoms with van der Waals surface area (Å²) in [5.41, 5.74) is 0.775. The van der Waals surface area contributed by atoms with Gasteiger partial charge >= 0.3 is 0 Å². The lowest BCUT2D eigenvalue weighted by Gasteiger charge is -2.47. The Balaban J connectivity index is 1.61. The normalized spacial score (nSPS) is 20.0. The molecule has 25 heavy (non-hydrogen) atoms. The van der Waals surface area contributed by atoms with Crippen LogP contribution >= 0.6 is 0 Å². The van der Waals surface area contributed by atoms with E-state index >= 15 is 0 Å². The Morgan fingerprint density at radius 2 is 1.88 bits per heavy atom. The van der Waals surface area contributed by atoms with Crippen molar-refractivity contribution in [3.63, 3.8) is 0 Å². The first-order valence-corrected chi connectivity index (χ1v) is 8.89. The molecule has 2 saturated heterocycles. The molecule has 2 aliphatic heterocycles. The number of benzene rings is 1. The minimum atomic E-state index is 0.00387. The van der Waals surface area contributed by atoms with Gasteiger partial charge in [-0.25, -0.2) is 0 Å². The van der Waals surface area contributed by atoms with E-state index in [2.05, 4.69) is 0 Å². The van der Waals surface area contributed by atoms with Gasteiger partial charge in [0.25, 0.3) is 5.91 Å². The third kappa shape index (κ3) is 3.79. The molecule has 6 heteroatoms. The van der Waals surface area contributed by atoms with Crippen molar-refractivity contribution in [3.05, 3.63) is 29.8 Å². The van der Waals surface area contributed by atoms with Crippen LogP contribution in [0.25, 0.3) is 0 Å². The number of piperidine rings is 2. The third-order valence-corrected chi connectivity index (χ3v) is 5.57. The van der Waals surface area contributed by atoms with Gasteiger partial charge in [0.2, 0.25) is 5.91 Å². The Morgan fingerprint density at radius 3 is 2.48 bits per heavy atom. The van der Waals surface area contributed by atoms with Crippen molar-refractivity contribution in [1.82, 2.24) is 9.80 Å². The number of β-amino-alcohol motifs (C(OH)–C–C–N with tert-alkyl or cyclic N) is 1. The third-order valence-electron chi connectivity index (χ3n) is 5.57. The van der Waals surface area contributed by atoms with E-state index < -0.39 is 0 Å². The summed E-state index contributed by atoms with van der Waals surface area (Å²) in [6, 6.07) is 7.21. The molecule has 2 fully saturated rings. The summed E-state index contributed by atoms with van der Waals surface area (Å²) in [7, 11) is 1.61. The standard InChI is InChI=1S/C19H26N2O4/c1-25-16-4-2-15(3-5-16)18(24)20-10-8-19(9-11-20)7-6-17(23)21(14-19)12-13-22/h2-5,22H,6-14H2,1H3. The molecule has 2 heterocycles. The van der Waals surface area contributed by atoms with Crippen LogP contribution in [0, 0.1) is 5.41 Å². The van der Waals surface area contributed by atoms with Crippen LogP contribution in [0.1, 0.15) is 36.0 Å². The first-order valence-electron chi connectivity index (χ1n) is 8.89. The molecular weight excluding hydrogens is 320 g/mol. The number of methoxy groups -OCH3 is 1. The largest absolute Gasteiger partial charge is 0.497 e. The van der Waals surface area contributed by atoms with Gasteiger partial charge in [-0.15, -0.1) is 0 Å². The molecule has 3 rings (SSSR count). The SMILES string of the molecule is COc1ccc(C(=O)N2CCC3(CCC(=O)N(CCO)C3)CC2)cc1. The number of hydrogen-bond acceptors (Lipinski definition) is 4. The lowest BCUT2D eigenvalue weighted by molar-refractivity contribution is -0.139. The van der Waals surface area contributed by atoms with Crippen molar-refractivity contribution in [1.29, 1.82) is 0 Å². The Bertz CT molecular complexity index is 621. The second-order valence-corrected chi connectivity index (χ2v) is 7.06. The van der Waals surface area contributed by atoms with E-state index in [-0.39, 0.29) is 23.8 Å². The number of ether oxygens (including phenoxy) is 1. The van der Waals surface area contributed by atoms with Crippen LogP contribution in [-0.4, -0.2) is 66.6 Å². The number of nitrogens with zero attached hydrogens (tertiary/aromatic N) is 2. The lowest BCUT2D eigenvalue weighted by atomic mass is 9.72. The molecule has 0 aliphatic carbocycles. The second-order valence-electron chi connectivity index (χ2n) is 7.06. The van der Waals surface area contributed by atoms with E-state index in [0.29, 0.717) is 38.2 Å². The predicted octanol–water partition coefficient (Wildman–Crippen LogP) is 1.53. The Labute approximate surface area is 148 Å². The van der Waals surface area contributed by atoms with Crippen LogP contribution in [0.3, 0.4) is 0 Å². The van der Waals surface area contributed by atoms with Gasteiger partial charge in [-0.05, 0) is 48.9 Å². The summed E-state index contributed by atoms with van der Waals surface area (Å²) in [6.45, 7) is 2.55. The van der Waals surface area contributed by atoms with Gasteiger partial charge in [0, 0.05) is 38.2 Å². The van der Waals surface area contributed by atoms with Crippen molar-refractivity contribution in [3.8, 4) is 5.75 Å². The van der Waals surface area contributed by atoms with Crippen LogP contribution in [-0.2, 0) is 4.79 Å². The second kappa shape index (κ2) is 7.44. The predicted molar refractivity (Wildman–Crippen MR) is 93.5 cm³/mol. The minimum Gasteiger partial charge on any atom is -0.497 e. The zero-order valence-electron chi connectivity index (χ0n) is 14.7. The van der Waals surface area contributed by atoms with Crippen LogP contribution in [0.4, 0.5) is 0 Å². The van der Waals surface area contributed by atoms with Gasteiger partial charge in [0.05, 0.1) is 13.7 Å². The zero-order valence-corrected chi connectivity index (χ0v) is 14.7. The molecule has 0 unspecified atom stereocenters. The van der Waals surface area contributed by atoms with E-state index in [1.807, 2.05) is 4.90 Å². The van der Waals surface area contributed by atoms with Gasteiger partial charge in [0.15, 0.2) is 0 Å². The number of rotatable bonds is 4. The van der Waals surface area contributed by atoms with Crippen LogP contribution in [0.5, 0.6) is 5.75 Å². The van der Waals surface area contributed by atoms with E-state index in [4.69, 9.17) is 9.84 Å². The Morgan fingerprint density at radius 1 is 1.20 bits per heavy atom. The summed E-state index contributed by atoms with van der Waals surface area (Å²) in [6.07, 6.45) is 3.25. The summed E-state index contributed by atoms with van der Waals surface area (Å²) < 4.78 is 5.13. The molecule has 6 nitrogen and oxygen atoms in total. The van der Waals surface area contributed by atoms with E-state index in [9.17, 15) is 9.59 Å². The van der Waals surface area contributed by atoms with Gasteiger partial charge in [0.1, 0.15) is 5.75 Å². The molecule has 0 radical (unpaired) electrons. The minimum absolute atomic E-state index is 0.00387. The monoisotopic (exact) mass is 346 g/mol. The number of aliphatic hydroxyl groups excluding tert-OH is 1. The Kier molecular flexibility index (Phi) is 5.27.